The van der Waals surface area contributed by atoms with Crippen LogP contribution in [0.1, 0.15) is 48.0 Å². The summed E-state index contributed by atoms with van der Waals surface area (Å²) in [6, 6.07) is 1.96. The zero-order valence-electron chi connectivity index (χ0n) is 13.6. The van der Waals surface area contributed by atoms with Crippen molar-refractivity contribution in [1.82, 2.24) is 10.2 Å². The standard InChI is InChI=1S/C16H32N2O/c1-7-19-15-8-14(16(15,5)6)18-10-13(11(2)3)17-9-12(18)4/h11-15,17H,7-10H2,1-6H3. The van der Waals surface area contributed by atoms with Crippen molar-refractivity contribution in [1.29, 1.82) is 0 Å². The van der Waals surface area contributed by atoms with Gasteiger partial charge in [-0.15, -0.1) is 0 Å². The van der Waals surface area contributed by atoms with Gasteiger partial charge in [0.2, 0.25) is 0 Å². The number of hydrogen-bond acceptors (Lipinski definition) is 3. The van der Waals surface area contributed by atoms with Gasteiger partial charge in [0.05, 0.1) is 6.10 Å². The van der Waals surface area contributed by atoms with E-state index in [-0.39, 0.29) is 0 Å². The molecule has 0 aromatic rings. The molecule has 19 heavy (non-hydrogen) atoms. The Morgan fingerprint density at radius 3 is 2.58 bits per heavy atom. The minimum Gasteiger partial charge on any atom is -0.378 e. The first kappa shape index (κ1) is 15.3. The lowest BCUT2D eigenvalue weighted by Gasteiger charge is -2.59. The van der Waals surface area contributed by atoms with Crippen LogP contribution in [-0.2, 0) is 4.74 Å². The molecule has 3 nitrogen and oxygen atoms in total. The fourth-order valence-corrected chi connectivity index (χ4v) is 3.70. The van der Waals surface area contributed by atoms with Crippen molar-refractivity contribution in [3.8, 4) is 0 Å². The van der Waals surface area contributed by atoms with Gasteiger partial charge in [0, 0.05) is 43.2 Å². The van der Waals surface area contributed by atoms with Gasteiger partial charge in [-0.3, -0.25) is 4.90 Å². The van der Waals surface area contributed by atoms with Gasteiger partial charge >= 0.3 is 0 Å². The summed E-state index contributed by atoms with van der Waals surface area (Å²) >= 11 is 0. The molecule has 0 spiro atoms. The van der Waals surface area contributed by atoms with E-state index in [1.54, 1.807) is 0 Å². The zero-order chi connectivity index (χ0) is 14.2. The van der Waals surface area contributed by atoms with Crippen molar-refractivity contribution in [2.75, 3.05) is 19.7 Å². The van der Waals surface area contributed by atoms with Gasteiger partial charge in [-0.1, -0.05) is 27.7 Å². The van der Waals surface area contributed by atoms with E-state index in [0.717, 1.165) is 13.2 Å². The predicted molar refractivity (Wildman–Crippen MR) is 80.4 cm³/mol. The van der Waals surface area contributed by atoms with E-state index < -0.39 is 0 Å². The average Bonchev–Trinajstić information content (AvgIpc) is 2.35. The van der Waals surface area contributed by atoms with E-state index in [4.69, 9.17) is 4.74 Å². The SMILES string of the molecule is CCOC1CC(N2CC(C(C)C)NCC2C)C1(C)C. The van der Waals surface area contributed by atoms with Gasteiger partial charge in [0.15, 0.2) is 0 Å². The molecule has 4 atom stereocenters. The average molecular weight is 268 g/mol. The number of nitrogens with zero attached hydrogens (tertiary/aromatic N) is 1. The van der Waals surface area contributed by atoms with Crippen molar-refractivity contribution in [3.05, 3.63) is 0 Å². The molecule has 1 saturated carbocycles. The normalized spacial score (nSPS) is 39.3. The lowest BCUT2D eigenvalue weighted by atomic mass is 9.63. The smallest absolute Gasteiger partial charge is 0.0655 e. The highest BCUT2D eigenvalue weighted by Gasteiger charge is 2.53. The Balaban J connectivity index is 2.01. The van der Waals surface area contributed by atoms with Crippen LogP contribution in [0.25, 0.3) is 0 Å². The molecule has 4 unspecified atom stereocenters. The maximum atomic E-state index is 5.88. The molecule has 1 aliphatic carbocycles. The van der Waals surface area contributed by atoms with Crippen LogP contribution < -0.4 is 5.32 Å². The van der Waals surface area contributed by atoms with Crippen LogP contribution in [-0.4, -0.2) is 48.8 Å². The fraction of sp³-hybridized carbons (Fsp3) is 1.00. The van der Waals surface area contributed by atoms with Gasteiger partial charge in [0.1, 0.15) is 0 Å². The third-order valence-electron chi connectivity index (χ3n) is 5.35. The molecule has 1 aliphatic heterocycles. The second-order valence-electron chi connectivity index (χ2n) is 7.32. The lowest BCUT2D eigenvalue weighted by Crippen LogP contribution is -2.69. The highest BCUT2D eigenvalue weighted by Crippen LogP contribution is 2.46. The topological polar surface area (TPSA) is 24.5 Å². The predicted octanol–water partition coefficient (Wildman–Crippen LogP) is 2.51. The fourth-order valence-electron chi connectivity index (χ4n) is 3.70. The molecular formula is C16H32N2O. The van der Waals surface area contributed by atoms with E-state index in [2.05, 4.69) is 51.8 Å². The Kier molecular flexibility index (Phi) is 4.59. The number of nitrogens with one attached hydrogen (secondary N) is 1. The minimum atomic E-state index is 0.295. The Bertz CT molecular complexity index is 303. The van der Waals surface area contributed by atoms with E-state index >= 15 is 0 Å². The Morgan fingerprint density at radius 2 is 2.05 bits per heavy atom. The molecule has 2 fully saturated rings. The summed E-state index contributed by atoms with van der Waals surface area (Å²) < 4.78 is 5.88. The number of ether oxygens (including phenoxy) is 1. The van der Waals surface area contributed by atoms with Crippen molar-refractivity contribution in [2.45, 2.75) is 72.2 Å². The van der Waals surface area contributed by atoms with Crippen LogP contribution in [0, 0.1) is 11.3 Å². The Labute approximate surface area is 119 Å². The van der Waals surface area contributed by atoms with Crippen molar-refractivity contribution in [3.63, 3.8) is 0 Å². The molecule has 0 amide bonds. The number of piperazine rings is 1. The summed E-state index contributed by atoms with van der Waals surface area (Å²) in [5.41, 5.74) is 0.295. The number of rotatable bonds is 4. The Morgan fingerprint density at radius 1 is 1.37 bits per heavy atom. The largest absolute Gasteiger partial charge is 0.378 e. The summed E-state index contributed by atoms with van der Waals surface area (Å²) in [6.07, 6.45) is 1.65. The molecule has 2 aliphatic rings. The summed E-state index contributed by atoms with van der Waals surface area (Å²) in [5.74, 6) is 0.709. The van der Waals surface area contributed by atoms with Crippen LogP contribution in [0.15, 0.2) is 0 Å². The first-order valence-corrected chi connectivity index (χ1v) is 7.98. The van der Waals surface area contributed by atoms with Crippen LogP contribution in [0.5, 0.6) is 0 Å². The molecule has 0 radical (unpaired) electrons. The van der Waals surface area contributed by atoms with Gasteiger partial charge in [0.25, 0.3) is 0 Å². The van der Waals surface area contributed by atoms with Crippen molar-refractivity contribution < 1.29 is 4.74 Å². The monoisotopic (exact) mass is 268 g/mol. The van der Waals surface area contributed by atoms with Crippen LogP contribution in [0.3, 0.4) is 0 Å². The molecule has 1 N–H and O–H groups in total. The second kappa shape index (κ2) is 5.71. The van der Waals surface area contributed by atoms with E-state index in [9.17, 15) is 0 Å². The quantitative estimate of drug-likeness (QED) is 0.848. The first-order valence-electron chi connectivity index (χ1n) is 7.98. The maximum Gasteiger partial charge on any atom is 0.0655 e. The second-order valence-corrected chi connectivity index (χ2v) is 7.32. The van der Waals surface area contributed by atoms with Crippen LogP contribution in [0.4, 0.5) is 0 Å². The lowest BCUT2D eigenvalue weighted by molar-refractivity contribution is -0.162. The molecular weight excluding hydrogens is 236 g/mol. The first-order chi connectivity index (χ1) is 8.87. The summed E-state index contributed by atoms with van der Waals surface area (Å²) in [6.45, 7) is 17.0. The molecule has 1 saturated heterocycles. The van der Waals surface area contributed by atoms with E-state index in [1.807, 2.05) is 0 Å². The van der Waals surface area contributed by atoms with E-state index in [1.165, 1.54) is 13.0 Å². The maximum absolute atomic E-state index is 5.88. The van der Waals surface area contributed by atoms with Crippen LogP contribution in [0.2, 0.25) is 0 Å². The van der Waals surface area contributed by atoms with E-state index in [0.29, 0.717) is 35.6 Å². The molecule has 0 aromatic heterocycles. The van der Waals surface area contributed by atoms with Gasteiger partial charge in [-0.2, -0.15) is 0 Å². The van der Waals surface area contributed by atoms with Crippen LogP contribution >= 0.6 is 0 Å². The summed E-state index contributed by atoms with van der Waals surface area (Å²) in [7, 11) is 0. The molecule has 0 bridgehead atoms. The highest BCUT2D eigenvalue weighted by molar-refractivity contribution is 5.06. The third kappa shape index (κ3) is 2.84. The molecule has 0 aromatic carbocycles. The van der Waals surface area contributed by atoms with Crippen molar-refractivity contribution >= 4 is 0 Å². The molecule has 2 rings (SSSR count). The third-order valence-corrected chi connectivity index (χ3v) is 5.35. The van der Waals surface area contributed by atoms with Gasteiger partial charge in [-0.25, -0.2) is 0 Å². The minimum absolute atomic E-state index is 0.295. The zero-order valence-corrected chi connectivity index (χ0v) is 13.6. The Hall–Kier alpha value is -0.120. The van der Waals surface area contributed by atoms with Gasteiger partial charge < -0.3 is 10.1 Å². The summed E-state index contributed by atoms with van der Waals surface area (Å²) in [4.78, 5) is 2.73. The molecule has 1 heterocycles. The molecule has 3 heteroatoms. The van der Waals surface area contributed by atoms with Gasteiger partial charge in [-0.05, 0) is 26.2 Å². The summed E-state index contributed by atoms with van der Waals surface area (Å²) in [5, 5.41) is 3.69. The highest BCUT2D eigenvalue weighted by atomic mass is 16.5. The molecule has 112 valence electrons. The van der Waals surface area contributed by atoms with Crippen molar-refractivity contribution in [2.24, 2.45) is 11.3 Å². The number of hydrogen-bond donors (Lipinski definition) is 1.